The Morgan fingerprint density at radius 1 is 1.04 bits per heavy atom. The van der Waals surface area contributed by atoms with E-state index < -0.39 is 5.60 Å². The molecule has 0 aromatic heterocycles. The molecule has 0 aliphatic carbocycles. The molecular weight excluding hydrogens is 402 g/mol. The number of benzene rings is 2. The first kappa shape index (κ1) is 20.5. The number of hydrogen-bond donors (Lipinski definition) is 2. The van der Waals surface area contributed by atoms with Crippen LogP contribution in [0.5, 0.6) is 0 Å². The number of rotatable bonds is 5. The van der Waals surface area contributed by atoms with Gasteiger partial charge in [-0.15, -0.1) is 0 Å². The monoisotopic (exact) mass is 431 g/mol. The fourth-order valence-electron chi connectivity index (χ4n) is 4.33. The van der Waals surface area contributed by atoms with Crippen LogP contribution in [0.25, 0.3) is 11.1 Å². The number of β-amino-alcohol motifs (C(OH)–C–C–N with tert-alkyl or cyclic N) is 1. The van der Waals surface area contributed by atoms with Gasteiger partial charge in [0.05, 0.1) is 11.7 Å². The largest absolute Gasteiger partial charge is 0.392 e. The zero-order chi connectivity index (χ0) is 19.6. The zero-order valence-electron chi connectivity index (χ0n) is 16.4. The topological polar surface area (TPSA) is 43.7 Å². The quantitative estimate of drug-likeness (QED) is 0.738. The van der Waals surface area contributed by atoms with Crippen LogP contribution < -0.4 is 0 Å². The van der Waals surface area contributed by atoms with Crippen LogP contribution in [0, 0.1) is 11.8 Å². The highest BCUT2D eigenvalue weighted by Gasteiger charge is 2.34. The number of aliphatic hydroxyl groups excluding tert-OH is 1. The second-order valence-electron chi connectivity index (χ2n) is 8.48. The summed E-state index contributed by atoms with van der Waals surface area (Å²) < 4.78 is 1.06. The predicted molar refractivity (Wildman–Crippen MR) is 115 cm³/mol. The van der Waals surface area contributed by atoms with Crippen molar-refractivity contribution < 1.29 is 10.2 Å². The molecule has 0 amide bonds. The summed E-state index contributed by atoms with van der Waals surface area (Å²) in [5, 5.41) is 21.3. The third-order valence-electron chi connectivity index (χ3n) is 5.57. The van der Waals surface area contributed by atoms with E-state index in [1.807, 2.05) is 31.2 Å². The summed E-state index contributed by atoms with van der Waals surface area (Å²) in [4.78, 5) is 2.30. The van der Waals surface area contributed by atoms with E-state index in [9.17, 15) is 10.2 Å². The van der Waals surface area contributed by atoms with Crippen LogP contribution >= 0.6 is 15.9 Å². The maximum absolute atomic E-state index is 11.2. The summed E-state index contributed by atoms with van der Waals surface area (Å²) >= 11 is 3.49. The fourth-order valence-corrected chi connectivity index (χ4v) is 4.59. The van der Waals surface area contributed by atoms with Crippen molar-refractivity contribution in [3.63, 3.8) is 0 Å². The summed E-state index contributed by atoms with van der Waals surface area (Å²) in [6, 6.07) is 16.6. The van der Waals surface area contributed by atoms with Gasteiger partial charge in [-0.25, -0.2) is 0 Å². The fraction of sp³-hybridized carbons (Fsp3) is 0.478. The van der Waals surface area contributed by atoms with Crippen molar-refractivity contribution >= 4 is 15.9 Å². The van der Waals surface area contributed by atoms with E-state index in [0.717, 1.165) is 28.7 Å². The highest BCUT2D eigenvalue weighted by Crippen LogP contribution is 2.29. The molecule has 0 bridgehead atoms. The van der Waals surface area contributed by atoms with E-state index >= 15 is 0 Å². The molecule has 1 fully saturated rings. The standard InChI is InChI=1S/C23H30BrNO2/c1-16-13-25(14-17(2)22(16)26)15-23(3,27)12-19-6-4-5-7-21(19)18-8-10-20(24)11-9-18/h4-11,16-17,22,26-27H,12-15H2,1-3H3. The van der Waals surface area contributed by atoms with Crippen molar-refractivity contribution in [2.24, 2.45) is 11.8 Å². The minimum atomic E-state index is -0.826. The van der Waals surface area contributed by atoms with Gasteiger partial charge in [-0.1, -0.05) is 66.2 Å². The Bertz CT molecular complexity index is 747. The van der Waals surface area contributed by atoms with E-state index in [4.69, 9.17) is 0 Å². The van der Waals surface area contributed by atoms with Crippen molar-refractivity contribution in [2.45, 2.75) is 38.9 Å². The van der Waals surface area contributed by atoms with Crippen LogP contribution in [-0.4, -0.2) is 46.5 Å². The second kappa shape index (κ2) is 8.44. The van der Waals surface area contributed by atoms with Gasteiger partial charge in [0.2, 0.25) is 0 Å². The van der Waals surface area contributed by atoms with Crippen molar-refractivity contribution in [2.75, 3.05) is 19.6 Å². The van der Waals surface area contributed by atoms with Crippen LogP contribution in [-0.2, 0) is 6.42 Å². The Hall–Kier alpha value is -1.20. The van der Waals surface area contributed by atoms with Gasteiger partial charge in [-0.05, 0) is 47.6 Å². The molecule has 2 aromatic rings. The summed E-state index contributed by atoms with van der Waals surface area (Å²) in [5.74, 6) is 0.471. The molecule has 3 rings (SSSR count). The SMILES string of the molecule is CC1CN(CC(C)(O)Cc2ccccc2-c2ccc(Br)cc2)CC(C)C1O. The first-order valence-electron chi connectivity index (χ1n) is 9.72. The molecule has 1 aliphatic rings. The van der Waals surface area contributed by atoms with Crippen LogP contribution in [0.1, 0.15) is 26.3 Å². The van der Waals surface area contributed by atoms with Crippen molar-refractivity contribution in [3.8, 4) is 11.1 Å². The molecule has 1 heterocycles. The molecule has 1 saturated heterocycles. The molecule has 1 aliphatic heterocycles. The summed E-state index contributed by atoms with van der Waals surface area (Å²) in [5.41, 5.74) is 2.66. The lowest BCUT2D eigenvalue weighted by Gasteiger charge is -2.41. The van der Waals surface area contributed by atoms with E-state index in [0.29, 0.717) is 13.0 Å². The van der Waals surface area contributed by atoms with E-state index in [1.165, 1.54) is 5.56 Å². The molecule has 0 saturated carbocycles. The van der Waals surface area contributed by atoms with Gasteiger partial charge < -0.3 is 10.2 Å². The third-order valence-corrected chi connectivity index (χ3v) is 6.10. The van der Waals surface area contributed by atoms with Crippen molar-refractivity contribution in [1.82, 2.24) is 4.90 Å². The number of aliphatic hydroxyl groups is 2. The van der Waals surface area contributed by atoms with E-state index in [2.05, 4.69) is 58.9 Å². The second-order valence-corrected chi connectivity index (χ2v) is 9.39. The van der Waals surface area contributed by atoms with Crippen LogP contribution in [0.4, 0.5) is 0 Å². The van der Waals surface area contributed by atoms with Crippen molar-refractivity contribution in [1.29, 1.82) is 0 Å². The number of piperidine rings is 1. The Labute approximate surface area is 171 Å². The Kier molecular flexibility index (Phi) is 6.42. The summed E-state index contributed by atoms with van der Waals surface area (Å²) in [6.45, 7) is 8.37. The maximum atomic E-state index is 11.2. The lowest BCUT2D eigenvalue weighted by molar-refractivity contribution is -0.0443. The minimum absolute atomic E-state index is 0.236. The molecular formula is C23H30BrNO2. The summed E-state index contributed by atoms with van der Waals surface area (Å²) in [6.07, 6.45) is 0.352. The van der Waals surface area contributed by atoms with Gasteiger partial charge in [0.1, 0.15) is 0 Å². The average Bonchev–Trinajstić information content (AvgIpc) is 2.60. The number of nitrogens with zero attached hydrogens (tertiary/aromatic N) is 1. The summed E-state index contributed by atoms with van der Waals surface area (Å²) in [7, 11) is 0. The van der Waals surface area contributed by atoms with Gasteiger partial charge in [-0.3, -0.25) is 4.90 Å². The molecule has 2 N–H and O–H groups in total. The van der Waals surface area contributed by atoms with Gasteiger partial charge in [0, 0.05) is 30.5 Å². The van der Waals surface area contributed by atoms with Crippen LogP contribution in [0.15, 0.2) is 53.0 Å². The first-order valence-corrected chi connectivity index (χ1v) is 10.5. The van der Waals surface area contributed by atoms with E-state index in [1.54, 1.807) is 0 Å². The molecule has 0 radical (unpaired) electrons. The zero-order valence-corrected chi connectivity index (χ0v) is 18.0. The molecule has 3 unspecified atom stereocenters. The Morgan fingerprint density at radius 3 is 2.26 bits per heavy atom. The molecule has 0 spiro atoms. The lowest BCUT2D eigenvalue weighted by atomic mass is 9.86. The average molecular weight is 432 g/mol. The molecule has 146 valence electrons. The molecule has 3 atom stereocenters. The van der Waals surface area contributed by atoms with Crippen LogP contribution in [0.3, 0.4) is 0 Å². The number of likely N-dealkylation sites (tertiary alicyclic amines) is 1. The van der Waals surface area contributed by atoms with Crippen molar-refractivity contribution in [3.05, 3.63) is 58.6 Å². The predicted octanol–water partition coefficient (Wildman–Crippen LogP) is 4.36. The first-order chi connectivity index (χ1) is 12.7. The van der Waals surface area contributed by atoms with Crippen LogP contribution in [0.2, 0.25) is 0 Å². The van der Waals surface area contributed by atoms with Gasteiger partial charge in [0.15, 0.2) is 0 Å². The number of halogens is 1. The van der Waals surface area contributed by atoms with Gasteiger partial charge in [0.25, 0.3) is 0 Å². The molecule has 4 heteroatoms. The lowest BCUT2D eigenvalue weighted by Crippen LogP contribution is -2.52. The molecule has 2 aromatic carbocycles. The number of hydrogen-bond acceptors (Lipinski definition) is 3. The Balaban J connectivity index is 1.75. The molecule has 27 heavy (non-hydrogen) atoms. The minimum Gasteiger partial charge on any atom is -0.392 e. The van der Waals surface area contributed by atoms with Gasteiger partial charge in [-0.2, -0.15) is 0 Å². The Morgan fingerprint density at radius 2 is 1.63 bits per heavy atom. The third kappa shape index (κ3) is 5.20. The van der Waals surface area contributed by atoms with E-state index in [-0.39, 0.29) is 17.9 Å². The molecule has 3 nitrogen and oxygen atoms in total. The highest BCUT2D eigenvalue weighted by molar-refractivity contribution is 9.10. The highest BCUT2D eigenvalue weighted by atomic mass is 79.9. The van der Waals surface area contributed by atoms with Gasteiger partial charge >= 0.3 is 0 Å². The smallest absolute Gasteiger partial charge is 0.0786 e. The normalized spacial score (nSPS) is 25.9. The maximum Gasteiger partial charge on any atom is 0.0786 e.